The van der Waals surface area contributed by atoms with E-state index >= 15 is 0 Å². The maximum atomic E-state index is 12.3. The average molecular weight is 360 g/mol. The minimum absolute atomic E-state index is 0.0369. The molecule has 1 heterocycles. The number of aromatic nitrogens is 1. The summed E-state index contributed by atoms with van der Waals surface area (Å²) in [7, 11) is 0. The molecule has 0 saturated heterocycles. The van der Waals surface area contributed by atoms with Crippen molar-refractivity contribution in [2.45, 2.75) is 27.2 Å². The summed E-state index contributed by atoms with van der Waals surface area (Å²) in [5.41, 5.74) is 1.05. The number of benzene rings is 1. The number of rotatable bonds is 7. The average Bonchev–Trinajstić information content (AvgIpc) is 2.95. The van der Waals surface area contributed by atoms with Gasteiger partial charge < -0.3 is 14.5 Å². The molecular formula is C18H20N2O6. The predicted molar refractivity (Wildman–Crippen MR) is 93.9 cm³/mol. The van der Waals surface area contributed by atoms with Crippen LogP contribution in [0.3, 0.4) is 0 Å². The molecule has 0 amide bonds. The van der Waals surface area contributed by atoms with Crippen LogP contribution in [0.1, 0.15) is 35.5 Å². The van der Waals surface area contributed by atoms with Crippen LogP contribution in [0.25, 0.3) is 11.3 Å². The molecule has 0 saturated carbocycles. The van der Waals surface area contributed by atoms with Crippen molar-refractivity contribution in [1.29, 1.82) is 0 Å². The molecule has 0 aliphatic rings. The number of carbonyl (C=O) groups excluding carboxylic acids is 2. The Kier molecular flexibility index (Phi) is 6.11. The summed E-state index contributed by atoms with van der Waals surface area (Å²) < 4.78 is 9.87. The van der Waals surface area contributed by atoms with E-state index in [1.807, 2.05) is 0 Å². The quantitative estimate of drug-likeness (QED) is 0.461. The molecule has 2 aromatic rings. The summed E-state index contributed by atoms with van der Waals surface area (Å²) in [6, 6.07) is 7.05. The molecule has 8 heteroatoms. The van der Waals surface area contributed by atoms with E-state index in [0.29, 0.717) is 5.56 Å². The van der Waals surface area contributed by atoms with Gasteiger partial charge in [-0.1, -0.05) is 24.3 Å². The van der Waals surface area contributed by atoms with Gasteiger partial charge in [-0.2, -0.15) is 0 Å². The van der Waals surface area contributed by atoms with Crippen LogP contribution in [-0.4, -0.2) is 35.1 Å². The minimum atomic E-state index is -0.755. The van der Waals surface area contributed by atoms with Crippen molar-refractivity contribution in [3.8, 4) is 11.3 Å². The number of esters is 2. The van der Waals surface area contributed by atoms with Crippen LogP contribution in [0.5, 0.6) is 0 Å². The van der Waals surface area contributed by atoms with Crippen LogP contribution >= 0.6 is 0 Å². The highest BCUT2D eigenvalue weighted by molar-refractivity contribution is 5.96. The lowest BCUT2D eigenvalue weighted by Crippen LogP contribution is -2.13. The van der Waals surface area contributed by atoms with E-state index in [2.05, 4.69) is 4.98 Å². The number of H-pyrrole nitrogens is 1. The van der Waals surface area contributed by atoms with Gasteiger partial charge in [0.15, 0.2) is 0 Å². The minimum Gasteiger partial charge on any atom is -0.466 e. The van der Waals surface area contributed by atoms with Gasteiger partial charge in [0.2, 0.25) is 0 Å². The third-order valence-corrected chi connectivity index (χ3v) is 3.78. The zero-order valence-corrected chi connectivity index (χ0v) is 14.8. The largest absolute Gasteiger partial charge is 0.466 e. The number of aromatic amines is 1. The molecule has 26 heavy (non-hydrogen) atoms. The number of ether oxygens (including phenoxy) is 2. The van der Waals surface area contributed by atoms with E-state index in [9.17, 15) is 19.7 Å². The summed E-state index contributed by atoms with van der Waals surface area (Å²) >= 11 is 0. The van der Waals surface area contributed by atoms with Crippen molar-refractivity contribution < 1.29 is 24.0 Å². The van der Waals surface area contributed by atoms with Crippen molar-refractivity contribution in [1.82, 2.24) is 4.98 Å². The van der Waals surface area contributed by atoms with Gasteiger partial charge in [0.05, 0.1) is 30.1 Å². The van der Waals surface area contributed by atoms with Crippen LogP contribution in [0.4, 0.5) is 5.69 Å². The van der Waals surface area contributed by atoms with Gasteiger partial charge >= 0.3 is 11.9 Å². The molecule has 0 radical (unpaired) electrons. The maximum Gasteiger partial charge on any atom is 0.355 e. The first kappa shape index (κ1) is 19.2. The van der Waals surface area contributed by atoms with E-state index < -0.39 is 23.3 Å². The number of carbonyl (C=O) groups is 2. The Morgan fingerprint density at radius 1 is 1.15 bits per heavy atom. The zero-order chi connectivity index (χ0) is 19.3. The van der Waals surface area contributed by atoms with Gasteiger partial charge in [0.25, 0.3) is 5.69 Å². The number of aryl methyl sites for hydroxylation is 1. The van der Waals surface area contributed by atoms with Gasteiger partial charge in [-0.05, 0) is 26.3 Å². The summed E-state index contributed by atoms with van der Waals surface area (Å²) in [6.45, 7) is 5.30. The van der Waals surface area contributed by atoms with Crippen molar-refractivity contribution in [2.24, 2.45) is 0 Å². The Hall–Kier alpha value is -3.16. The van der Waals surface area contributed by atoms with Crippen LogP contribution < -0.4 is 0 Å². The summed E-state index contributed by atoms with van der Waals surface area (Å²) in [5.74, 6) is -1.41. The molecule has 1 aromatic heterocycles. The first-order chi connectivity index (χ1) is 12.4. The lowest BCUT2D eigenvalue weighted by Gasteiger charge is -2.04. The molecule has 0 unspecified atom stereocenters. The van der Waals surface area contributed by atoms with Crippen LogP contribution in [-0.2, 0) is 20.7 Å². The standard InChI is InChI=1S/C18H20N2O6/c1-4-25-14(21)10-13-16(18(22)26-5-2)19-15(17(13)20(23)24)12-9-7-6-8-11(12)3/h6-9,19H,4-5,10H2,1-3H3. The number of nitro groups is 1. The van der Waals surface area contributed by atoms with Crippen molar-refractivity contribution in [2.75, 3.05) is 13.2 Å². The molecule has 8 nitrogen and oxygen atoms in total. The van der Waals surface area contributed by atoms with Crippen molar-refractivity contribution >= 4 is 17.6 Å². The topological polar surface area (TPSA) is 112 Å². The maximum absolute atomic E-state index is 12.3. The molecule has 0 bridgehead atoms. The third kappa shape index (κ3) is 3.90. The number of nitrogens with zero attached hydrogens (tertiary/aromatic N) is 1. The first-order valence-electron chi connectivity index (χ1n) is 8.18. The fourth-order valence-electron chi connectivity index (χ4n) is 2.68. The highest BCUT2D eigenvalue weighted by Gasteiger charge is 2.33. The number of nitrogens with one attached hydrogen (secondary N) is 1. The molecular weight excluding hydrogens is 340 g/mol. The fraction of sp³-hybridized carbons (Fsp3) is 0.333. The van der Waals surface area contributed by atoms with E-state index in [0.717, 1.165) is 5.56 Å². The van der Waals surface area contributed by atoms with Crippen molar-refractivity contribution in [3.63, 3.8) is 0 Å². The third-order valence-electron chi connectivity index (χ3n) is 3.78. The monoisotopic (exact) mass is 360 g/mol. The van der Waals surface area contributed by atoms with E-state index in [1.165, 1.54) is 0 Å². The van der Waals surface area contributed by atoms with Gasteiger partial charge in [-0.3, -0.25) is 14.9 Å². The lowest BCUT2D eigenvalue weighted by molar-refractivity contribution is -0.384. The highest BCUT2D eigenvalue weighted by atomic mass is 16.6. The highest BCUT2D eigenvalue weighted by Crippen LogP contribution is 2.37. The van der Waals surface area contributed by atoms with E-state index in [1.54, 1.807) is 45.0 Å². The Bertz CT molecular complexity index is 840. The van der Waals surface area contributed by atoms with Gasteiger partial charge in [-0.25, -0.2) is 4.79 Å². The normalized spacial score (nSPS) is 10.4. The second-order valence-electron chi connectivity index (χ2n) is 5.48. The molecule has 0 fully saturated rings. The fourth-order valence-corrected chi connectivity index (χ4v) is 2.68. The molecule has 0 aliphatic heterocycles. The predicted octanol–water partition coefficient (Wildman–Crippen LogP) is 3.18. The number of hydrogen-bond acceptors (Lipinski definition) is 6. The summed E-state index contributed by atoms with van der Waals surface area (Å²) in [4.78, 5) is 38.1. The van der Waals surface area contributed by atoms with Crippen LogP contribution in [0, 0.1) is 17.0 Å². The summed E-state index contributed by atoms with van der Waals surface area (Å²) in [5, 5.41) is 11.7. The SMILES string of the molecule is CCOC(=O)Cc1c(C(=O)OCC)[nH]c(-c2ccccc2C)c1[N+](=O)[O-]. The Balaban J connectivity index is 2.69. The zero-order valence-electron chi connectivity index (χ0n) is 14.8. The molecule has 138 valence electrons. The Labute approximate surface area is 150 Å². The Morgan fingerprint density at radius 2 is 1.81 bits per heavy atom. The molecule has 2 rings (SSSR count). The first-order valence-corrected chi connectivity index (χ1v) is 8.18. The molecule has 0 aliphatic carbocycles. The molecule has 1 aromatic carbocycles. The Morgan fingerprint density at radius 3 is 2.38 bits per heavy atom. The molecule has 0 atom stereocenters. The second-order valence-corrected chi connectivity index (χ2v) is 5.48. The van der Waals surface area contributed by atoms with Crippen LogP contribution in [0.2, 0.25) is 0 Å². The second kappa shape index (κ2) is 8.28. The van der Waals surface area contributed by atoms with Gasteiger partial charge in [-0.15, -0.1) is 0 Å². The van der Waals surface area contributed by atoms with Gasteiger partial charge in [0.1, 0.15) is 11.4 Å². The van der Waals surface area contributed by atoms with Crippen LogP contribution in [0.15, 0.2) is 24.3 Å². The van der Waals surface area contributed by atoms with E-state index in [-0.39, 0.29) is 35.9 Å². The molecule has 1 N–H and O–H groups in total. The smallest absolute Gasteiger partial charge is 0.355 e. The van der Waals surface area contributed by atoms with Crippen molar-refractivity contribution in [3.05, 3.63) is 51.2 Å². The molecule has 0 spiro atoms. The van der Waals surface area contributed by atoms with Gasteiger partial charge in [0, 0.05) is 5.56 Å². The summed E-state index contributed by atoms with van der Waals surface area (Å²) in [6.07, 6.45) is -0.402. The number of hydrogen-bond donors (Lipinski definition) is 1. The lowest BCUT2D eigenvalue weighted by atomic mass is 10.0. The van der Waals surface area contributed by atoms with E-state index in [4.69, 9.17) is 9.47 Å².